The van der Waals surface area contributed by atoms with Gasteiger partial charge in [-0.15, -0.1) is 0 Å². The topological polar surface area (TPSA) is 124 Å². The predicted molar refractivity (Wildman–Crippen MR) is 34.3 cm³/mol. The van der Waals surface area contributed by atoms with Crippen molar-refractivity contribution in [3.05, 3.63) is 0 Å². The van der Waals surface area contributed by atoms with Crippen molar-refractivity contribution in [3.63, 3.8) is 0 Å². The van der Waals surface area contributed by atoms with Crippen LogP contribution in [0.25, 0.3) is 0 Å². The van der Waals surface area contributed by atoms with Gasteiger partial charge in [-0.2, -0.15) is 0 Å². The minimum atomic E-state index is -1.76. The molecule has 0 fully saturated rings. The average Bonchev–Trinajstić information content (AvgIpc) is 2.00. The molecule has 0 bridgehead atoms. The maximum absolute atomic E-state index is 9.83. The van der Waals surface area contributed by atoms with Gasteiger partial charge >= 0.3 is 0 Å². The van der Waals surface area contributed by atoms with Crippen LogP contribution < -0.4 is 5.73 Å². The summed E-state index contributed by atoms with van der Waals surface area (Å²) in [5.74, 6) is 0. The van der Waals surface area contributed by atoms with Gasteiger partial charge in [-0.3, -0.25) is 0 Å². The summed E-state index contributed by atoms with van der Waals surface area (Å²) < 4.78 is 0. The van der Waals surface area contributed by atoms with Crippen LogP contribution in [0.15, 0.2) is 0 Å². The molecule has 0 aliphatic heterocycles. The van der Waals surface area contributed by atoms with E-state index in [1.54, 1.807) is 0 Å². The molecule has 0 rings (SSSR count). The Hall–Kier alpha value is -0.530. The Kier molecular flexibility index (Phi) is 4.16. The van der Waals surface area contributed by atoms with Crippen molar-refractivity contribution in [2.75, 3.05) is 0 Å². The summed E-state index contributed by atoms with van der Waals surface area (Å²) >= 11 is 0. The molecule has 6 N–H and O–H groups in total. The monoisotopic (exact) mass is 165 g/mol. The predicted octanol–water partition coefficient (Wildman–Crippen LogP) is -3.45. The largest absolute Gasteiger partial charge is 0.387 e. The van der Waals surface area contributed by atoms with Gasteiger partial charge in [0.15, 0.2) is 6.29 Å². The summed E-state index contributed by atoms with van der Waals surface area (Å²) in [5.41, 5.74) is 4.75. The molecule has 6 heteroatoms. The van der Waals surface area contributed by atoms with Crippen LogP contribution in [0.1, 0.15) is 0 Å². The third kappa shape index (κ3) is 2.91. The third-order valence-corrected chi connectivity index (χ3v) is 1.19. The second-order valence-corrected chi connectivity index (χ2v) is 2.10. The lowest BCUT2D eigenvalue weighted by Crippen LogP contribution is -2.48. The number of nitrogens with two attached hydrogens (primary N) is 1. The molecule has 66 valence electrons. The van der Waals surface area contributed by atoms with Gasteiger partial charge in [0.1, 0.15) is 24.5 Å². The minimum absolute atomic E-state index is 0.0380. The van der Waals surface area contributed by atoms with Gasteiger partial charge in [-0.05, 0) is 0 Å². The van der Waals surface area contributed by atoms with Crippen LogP contribution in [0.4, 0.5) is 0 Å². The fourth-order valence-corrected chi connectivity index (χ4v) is 0.485. The number of rotatable bonds is 4. The van der Waals surface area contributed by atoms with Crippen molar-refractivity contribution in [1.82, 2.24) is 0 Å². The van der Waals surface area contributed by atoms with Gasteiger partial charge < -0.3 is 31.0 Å². The van der Waals surface area contributed by atoms with E-state index in [9.17, 15) is 4.79 Å². The van der Waals surface area contributed by atoms with Crippen molar-refractivity contribution >= 4 is 6.29 Å². The van der Waals surface area contributed by atoms with E-state index in [1.807, 2.05) is 0 Å². The molecule has 0 radical (unpaired) electrons. The van der Waals surface area contributed by atoms with E-state index >= 15 is 0 Å². The van der Waals surface area contributed by atoms with Crippen LogP contribution in [0, 0.1) is 0 Å². The number of aliphatic hydroxyl groups excluding tert-OH is 4. The lowest BCUT2D eigenvalue weighted by Gasteiger charge is -2.20. The highest BCUT2D eigenvalue weighted by Gasteiger charge is 2.27. The quantitative estimate of drug-likeness (QED) is 0.218. The molecule has 4 atom stereocenters. The molecule has 6 nitrogen and oxygen atoms in total. The van der Waals surface area contributed by atoms with Crippen molar-refractivity contribution in [2.45, 2.75) is 24.5 Å². The van der Waals surface area contributed by atoms with Gasteiger partial charge in [0.2, 0.25) is 0 Å². The zero-order valence-corrected chi connectivity index (χ0v) is 5.66. The standard InChI is InChI=1S/C5H11NO5/c6-5(11)4(10)3(9)2(8)1-7/h1-5,8-11H,6H2/t2-,3-,4-,5?/m0/s1. The SMILES string of the molecule is NC(O)[C@@H](O)[C@@H](O)[C@@H](O)C=O. The summed E-state index contributed by atoms with van der Waals surface area (Å²) in [6, 6.07) is 0. The van der Waals surface area contributed by atoms with E-state index in [1.165, 1.54) is 0 Å². The minimum Gasteiger partial charge on any atom is -0.387 e. The summed E-state index contributed by atoms with van der Waals surface area (Å²) in [6.45, 7) is 0. The van der Waals surface area contributed by atoms with E-state index in [0.717, 1.165) is 0 Å². The highest BCUT2D eigenvalue weighted by Crippen LogP contribution is 1.99. The van der Waals surface area contributed by atoms with E-state index in [2.05, 4.69) is 0 Å². The van der Waals surface area contributed by atoms with Gasteiger partial charge in [0, 0.05) is 0 Å². The Morgan fingerprint density at radius 2 is 1.55 bits per heavy atom. The molecule has 0 aromatic heterocycles. The smallest absolute Gasteiger partial charge is 0.151 e. The molecule has 0 aliphatic rings. The number of carbonyl (C=O) groups excluding carboxylic acids is 1. The molecule has 1 unspecified atom stereocenters. The van der Waals surface area contributed by atoms with Gasteiger partial charge in [-0.25, -0.2) is 0 Å². The Balaban J connectivity index is 4.00. The molecular formula is C5H11NO5. The fourth-order valence-electron chi connectivity index (χ4n) is 0.485. The van der Waals surface area contributed by atoms with Crippen LogP contribution in [0.5, 0.6) is 0 Å². The molecule has 0 aromatic carbocycles. The van der Waals surface area contributed by atoms with Gasteiger partial charge in [0.05, 0.1) is 0 Å². The number of aldehydes is 1. The second kappa shape index (κ2) is 4.37. The second-order valence-electron chi connectivity index (χ2n) is 2.10. The first kappa shape index (κ1) is 10.5. The van der Waals surface area contributed by atoms with Crippen LogP contribution in [0.2, 0.25) is 0 Å². The summed E-state index contributed by atoms with van der Waals surface area (Å²) in [7, 11) is 0. The lowest BCUT2D eigenvalue weighted by atomic mass is 10.1. The Bertz CT molecular complexity index is 128. The highest BCUT2D eigenvalue weighted by atomic mass is 16.4. The van der Waals surface area contributed by atoms with Crippen LogP contribution in [-0.4, -0.2) is 51.3 Å². The first-order chi connectivity index (χ1) is 5.00. The molecular weight excluding hydrogens is 154 g/mol. The molecule has 0 saturated carbocycles. The maximum atomic E-state index is 9.83. The Morgan fingerprint density at radius 1 is 1.09 bits per heavy atom. The molecule has 0 spiro atoms. The normalized spacial score (nSPS) is 21.9. The molecule has 0 aromatic rings. The molecule has 0 heterocycles. The fraction of sp³-hybridized carbons (Fsp3) is 0.800. The zero-order valence-electron chi connectivity index (χ0n) is 5.66. The van der Waals surface area contributed by atoms with Crippen LogP contribution in [-0.2, 0) is 4.79 Å². The van der Waals surface area contributed by atoms with Crippen molar-refractivity contribution < 1.29 is 25.2 Å². The van der Waals surface area contributed by atoms with E-state index < -0.39 is 24.5 Å². The number of aliphatic hydroxyl groups is 4. The van der Waals surface area contributed by atoms with Gasteiger partial charge in [-0.1, -0.05) is 0 Å². The van der Waals surface area contributed by atoms with Crippen molar-refractivity contribution in [1.29, 1.82) is 0 Å². The summed E-state index contributed by atoms with van der Waals surface area (Å²) in [4.78, 5) is 9.83. The van der Waals surface area contributed by atoms with E-state index in [0.29, 0.717) is 0 Å². The number of hydrogen-bond acceptors (Lipinski definition) is 6. The summed E-state index contributed by atoms with van der Waals surface area (Å²) in [5, 5.41) is 34.6. The zero-order chi connectivity index (χ0) is 9.02. The van der Waals surface area contributed by atoms with Gasteiger partial charge in [0.25, 0.3) is 0 Å². The Morgan fingerprint density at radius 3 is 1.82 bits per heavy atom. The van der Waals surface area contributed by atoms with E-state index in [4.69, 9.17) is 26.2 Å². The van der Waals surface area contributed by atoms with Crippen LogP contribution >= 0.6 is 0 Å². The maximum Gasteiger partial charge on any atom is 0.151 e. The highest BCUT2D eigenvalue weighted by molar-refractivity contribution is 5.56. The number of carbonyl (C=O) groups is 1. The van der Waals surface area contributed by atoms with Crippen molar-refractivity contribution in [3.8, 4) is 0 Å². The molecule has 11 heavy (non-hydrogen) atoms. The summed E-state index contributed by atoms with van der Waals surface area (Å²) in [6.07, 6.45) is -6.86. The first-order valence-corrected chi connectivity index (χ1v) is 2.94. The average molecular weight is 165 g/mol. The van der Waals surface area contributed by atoms with Crippen LogP contribution in [0.3, 0.4) is 0 Å². The Labute approximate surface area is 62.9 Å². The number of hydrogen-bond donors (Lipinski definition) is 5. The molecule has 0 aliphatic carbocycles. The lowest BCUT2D eigenvalue weighted by molar-refractivity contribution is -0.133. The first-order valence-electron chi connectivity index (χ1n) is 2.94. The molecule has 0 amide bonds. The molecule has 0 saturated heterocycles. The third-order valence-electron chi connectivity index (χ3n) is 1.19. The van der Waals surface area contributed by atoms with E-state index in [-0.39, 0.29) is 6.29 Å². The van der Waals surface area contributed by atoms with Crippen molar-refractivity contribution in [2.24, 2.45) is 5.73 Å².